The second-order valence-electron chi connectivity index (χ2n) is 6.22. The van der Waals surface area contributed by atoms with Crippen LogP contribution in [0.25, 0.3) is 0 Å². The van der Waals surface area contributed by atoms with E-state index in [1.54, 1.807) is 4.90 Å². The number of amides is 2. The van der Waals surface area contributed by atoms with Crippen LogP contribution in [-0.2, 0) is 9.59 Å². The van der Waals surface area contributed by atoms with Crippen LogP contribution in [0.3, 0.4) is 0 Å². The smallest absolute Gasteiger partial charge is 0.229 e. The fraction of sp³-hybridized carbons (Fsp3) is 0.529. The molecule has 2 fully saturated rings. The highest BCUT2D eigenvalue weighted by Gasteiger charge is 2.42. The van der Waals surface area contributed by atoms with Crippen LogP contribution in [-0.4, -0.2) is 52.4 Å². The maximum atomic E-state index is 12.6. The Kier molecular flexibility index (Phi) is 4.16. The van der Waals surface area contributed by atoms with Crippen molar-refractivity contribution in [3.8, 4) is 0 Å². The van der Waals surface area contributed by atoms with E-state index in [4.69, 9.17) is 0 Å². The summed E-state index contributed by atoms with van der Waals surface area (Å²) in [5.74, 6) is -0.00574. The van der Waals surface area contributed by atoms with Gasteiger partial charge in [-0.05, 0) is 18.4 Å². The normalized spacial score (nSPS) is 23.3. The van der Waals surface area contributed by atoms with E-state index < -0.39 is 6.10 Å². The molecule has 2 atom stereocenters. The van der Waals surface area contributed by atoms with Crippen LogP contribution in [0.15, 0.2) is 30.3 Å². The second kappa shape index (κ2) is 6.08. The first-order valence-corrected chi connectivity index (χ1v) is 7.87. The molecule has 5 heteroatoms. The third-order valence-corrected chi connectivity index (χ3v) is 4.76. The predicted molar refractivity (Wildman–Crippen MR) is 81.9 cm³/mol. The minimum absolute atomic E-state index is 0.0198. The molecule has 118 valence electrons. The van der Waals surface area contributed by atoms with E-state index in [1.807, 2.05) is 35.2 Å². The molecule has 0 radical (unpaired) electrons. The summed E-state index contributed by atoms with van der Waals surface area (Å²) in [5, 5.41) is 10.6. The maximum absolute atomic E-state index is 12.6. The summed E-state index contributed by atoms with van der Waals surface area (Å²) >= 11 is 0. The number of likely N-dealkylation sites (tertiary alicyclic amines) is 2. The van der Waals surface area contributed by atoms with Gasteiger partial charge in [-0.15, -0.1) is 0 Å². The first kappa shape index (κ1) is 15.0. The van der Waals surface area contributed by atoms with E-state index in [0.29, 0.717) is 19.6 Å². The third kappa shape index (κ3) is 2.73. The van der Waals surface area contributed by atoms with Crippen molar-refractivity contribution in [3.63, 3.8) is 0 Å². The summed E-state index contributed by atoms with van der Waals surface area (Å²) in [4.78, 5) is 27.4. The van der Waals surface area contributed by atoms with Gasteiger partial charge in [0, 0.05) is 26.6 Å². The highest BCUT2D eigenvalue weighted by atomic mass is 16.3. The Bertz CT molecular complexity index is 554. The molecule has 5 nitrogen and oxygen atoms in total. The first-order valence-electron chi connectivity index (χ1n) is 7.87. The zero-order valence-electron chi connectivity index (χ0n) is 12.8. The second-order valence-corrected chi connectivity index (χ2v) is 6.22. The van der Waals surface area contributed by atoms with Crippen LogP contribution in [0.4, 0.5) is 0 Å². The summed E-state index contributed by atoms with van der Waals surface area (Å²) in [7, 11) is 0. The van der Waals surface area contributed by atoms with Crippen LogP contribution in [0.1, 0.15) is 31.4 Å². The van der Waals surface area contributed by atoms with Crippen LogP contribution in [0.2, 0.25) is 0 Å². The molecule has 1 N–H and O–H groups in total. The molecule has 1 aromatic rings. The standard InChI is InChI=1S/C17H22N2O3/c1-12(20)18-10-14(11-18)17(22)19-9-5-8-15(19)16(21)13-6-3-2-4-7-13/h2-4,6-7,14-16,21H,5,8-11H2,1H3. The van der Waals surface area contributed by atoms with E-state index >= 15 is 0 Å². The lowest BCUT2D eigenvalue weighted by Crippen LogP contribution is -2.57. The van der Waals surface area contributed by atoms with Crippen molar-refractivity contribution in [2.75, 3.05) is 19.6 Å². The monoisotopic (exact) mass is 302 g/mol. The number of carbonyl (C=O) groups is 2. The van der Waals surface area contributed by atoms with Crippen molar-refractivity contribution >= 4 is 11.8 Å². The molecule has 0 saturated carbocycles. The molecule has 2 unspecified atom stereocenters. The minimum Gasteiger partial charge on any atom is -0.386 e. The number of hydrogen-bond acceptors (Lipinski definition) is 3. The molecular weight excluding hydrogens is 280 g/mol. The van der Waals surface area contributed by atoms with E-state index in [9.17, 15) is 14.7 Å². The Morgan fingerprint density at radius 1 is 1.23 bits per heavy atom. The van der Waals surface area contributed by atoms with Crippen molar-refractivity contribution in [1.82, 2.24) is 9.80 Å². The summed E-state index contributed by atoms with van der Waals surface area (Å²) in [6, 6.07) is 9.35. The molecule has 0 aromatic heterocycles. The first-order chi connectivity index (χ1) is 10.6. The third-order valence-electron chi connectivity index (χ3n) is 4.76. The Morgan fingerprint density at radius 2 is 1.91 bits per heavy atom. The number of aliphatic hydroxyl groups is 1. The molecule has 0 aliphatic carbocycles. The van der Waals surface area contributed by atoms with Gasteiger partial charge in [-0.1, -0.05) is 30.3 Å². The predicted octanol–water partition coefficient (Wildman–Crippen LogP) is 1.19. The molecule has 2 amide bonds. The van der Waals surface area contributed by atoms with Gasteiger partial charge in [0.25, 0.3) is 0 Å². The Morgan fingerprint density at radius 3 is 2.55 bits per heavy atom. The topological polar surface area (TPSA) is 60.9 Å². The SMILES string of the molecule is CC(=O)N1CC(C(=O)N2CCCC2C(O)c2ccccc2)C1. The fourth-order valence-electron chi connectivity index (χ4n) is 3.39. The summed E-state index contributed by atoms with van der Waals surface area (Å²) in [5.41, 5.74) is 0.853. The molecule has 0 spiro atoms. The highest BCUT2D eigenvalue weighted by molar-refractivity contribution is 5.84. The van der Waals surface area contributed by atoms with E-state index in [1.165, 1.54) is 6.92 Å². The van der Waals surface area contributed by atoms with E-state index in [2.05, 4.69) is 0 Å². The molecule has 2 saturated heterocycles. The molecule has 0 bridgehead atoms. The van der Waals surface area contributed by atoms with Gasteiger partial charge in [0.15, 0.2) is 0 Å². The van der Waals surface area contributed by atoms with Crippen molar-refractivity contribution in [1.29, 1.82) is 0 Å². The minimum atomic E-state index is -0.642. The largest absolute Gasteiger partial charge is 0.386 e. The van der Waals surface area contributed by atoms with Crippen LogP contribution in [0, 0.1) is 5.92 Å². The van der Waals surface area contributed by atoms with Crippen LogP contribution >= 0.6 is 0 Å². The van der Waals surface area contributed by atoms with Crippen molar-refractivity contribution in [2.24, 2.45) is 5.92 Å². The Labute approximate surface area is 130 Å². The van der Waals surface area contributed by atoms with Gasteiger partial charge in [0.05, 0.1) is 18.1 Å². The number of carbonyl (C=O) groups excluding carboxylic acids is 2. The summed E-state index contributed by atoms with van der Waals surface area (Å²) in [6.07, 6.45) is 1.10. The highest BCUT2D eigenvalue weighted by Crippen LogP contribution is 2.31. The number of rotatable bonds is 3. The van der Waals surface area contributed by atoms with Gasteiger partial charge in [0.1, 0.15) is 0 Å². The molecule has 1 aromatic carbocycles. The van der Waals surface area contributed by atoms with Crippen molar-refractivity contribution < 1.29 is 14.7 Å². The number of nitrogens with zero attached hydrogens (tertiary/aromatic N) is 2. The van der Waals surface area contributed by atoms with Crippen LogP contribution < -0.4 is 0 Å². The average Bonchev–Trinajstić information content (AvgIpc) is 2.94. The lowest BCUT2D eigenvalue weighted by atomic mass is 9.96. The number of aliphatic hydroxyl groups excluding tert-OH is 1. The maximum Gasteiger partial charge on any atom is 0.229 e. The molecular formula is C17H22N2O3. The van der Waals surface area contributed by atoms with Gasteiger partial charge in [-0.2, -0.15) is 0 Å². The van der Waals surface area contributed by atoms with Crippen molar-refractivity contribution in [3.05, 3.63) is 35.9 Å². The van der Waals surface area contributed by atoms with Gasteiger partial charge >= 0.3 is 0 Å². The Balaban J connectivity index is 1.66. The summed E-state index contributed by atoms with van der Waals surface area (Å²) in [6.45, 7) is 3.25. The van der Waals surface area contributed by atoms with Crippen LogP contribution in [0.5, 0.6) is 0 Å². The van der Waals surface area contributed by atoms with E-state index in [0.717, 1.165) is 18.4 Å². The molecule has 3 rings (SSSR count). The number of benzene rings is 1. The zero-order valence-corrected chi connectivity index (χ0v) is 12.8. The number of hydrogen-bond donors (Lipinski definition) is 1. The zero-order chi connectivity index (χ0) is 15.7. The molecule has 2 heterocycles. The lowest BCUT2D eigenvalue weighted by Gasteiger charge is -2.41. The molecule has 2 aliphatic rings. The molecule has 22 heavy (non-hydrogen) atoms. The molecule has 2 aliphatic heterocycles. The van der Waals surface area contributed by atoms with E-state index in [-0.39, 0.29) is 23.8 Å². The van der Waals surface area contributed by atoms with Gasteiger partial charge < -0.3 is 14.9 Å². The van der Waals surface area contributed by atoms with Gasteiger partial charge in [-0.25, -0.2) is 0 Å². The lowest BCUT2D eigenvalue weighted by molar-refractivity contribution is -0.149. The van der Waals surface area contributed by atoms with Gasteiger partial charge in [0.2, 0.25) is 11.8 Å². The fourth-order valence-corrected chi connectivity index (χ4v) is 3.39. The Hall–Kier alpha value is -1.88. The average molecular weight is 302 g/mol. The van der Waals surface area contributed by atoms with Crippen molar-refractivity contribution in [2.45, 2.75) is 31.9 Å². The van der Waals surface area contributed by atoms with Gasteiger partial charge in [-0.3, -0.25) is 9.59 Å². The summed E-state index contributed by atoms with van der Waals surface area (Å²) < 4.78 is 0. The quantitative estimate of drug-likeness (QED) is 0.912.